The molecular weight excluding hydrogens is 314 g/mol. The molecule has 4 nitrogen and oxygen atoms in total. The highest BCUT2D eigenvalue weighted by Gasteiger charge is 2.30. The van der Waals surface area contributed by atoms with E-state index in [4.69, 9.17) is 4.74 Å². The molecule has 1 atom stereocenters. The molecule has 1 heterocycles. The molecule has 0 aromatic heterocycles. The van der Waals surface area contributed by atoms with Gasteiger partial charge in [-0.1, -0.05) is 36.4 Å². The van der Waals surface area contributed by atoms with Gasteiger partial charge < -0.3 is 14.7 Å². The van der Waals surface area contributed by atoms with E-state index in [2.05, 4.69) is 6.07 Å². The highest BCUT2D eigenvalue weighted by molar-refractivity contribution is 5.78. The van der Waals surface area contributed by atoms with Crippen LogP contribution in [-0.4, -0.2) is 29.1 Å². The normalized spacial score (nSPS) is 16.0. The van der Waals surface area contributed by atoms with Crippen molar-refractivity contribution in [1.82, 2.24) is 4.90 Å². The molecule has 0 saturated heterocycles. The summed E-state index contributed by atoms with van der Waals surface area (Å²) >= 11 is 0. The summed E-state index contributed by atoms with van der Waals surface area (Å²) in [6.45, 7) is 5.54. The fraction of sp³-hybridized carbons (Fsp3) is 0.381. The fourth-order valence-corrected chi connectivity index (χ4v) is 3.31. The van der Waals surface area contributed by atoms with E-state index in [0.29, 0.717) is 19.7 Å². The predicted octanol–water partition coefficient (Wildman–Crippen LogP) is 3.27. The molecule has 132 valence electrons. The molecule has 3 rings (SSSR count). The number of hydrogen-bond acceptors (Lipinski definition) is 3. The van der Waals surface area contributed by atoms with E-state index in [1.807, 2.05) is 54.3 Å². The topological polar surface area (TPSA) is 49.8 Å². The van der Waals surface area contributed by atoms with Crippen molar-refractivity contribution in [2.75, 3.05) is 13.2 Å². The van der Waals surface area contributed by atoms with E-state index in [9.17, 15) is 9.90 Å². The van der Waals surface area contributed by atoms with Gasteiger partial charge in [-0.15, -0.1) is 0 Å². The Labute approximate surface area is 149 Å². The number of fused-ring (bicyclic) bond motifs is 1. The Balaban J connectivity index is 1.71. The predicted molar refractivity (Wildman–Crippen MR) is 97.4 cm³/mol. The Hall–Kier alpha value is -2.33. The van der Waals surface area contributed by atoms with Crippen LogP contribution in [0.15, 0.2) is 48.5 Å². The van der Waals surface area contributed by atoms with Crippen LogP contribution in [0, 0.1) is 0 Å². The van der Waals surface area contributed by atoms with Crippen LogP contribution in [0.1, 0.15) is 37.0 Å². The van der Waals surface area contributed by atoms with Gasteiger partial charge in [-0.05, 0) is 49.1 Å². The van der Waals surface area contributed by atoms with Gasteiger partial charge in [0.2, 0.25) is 5.91 Å². The molecule has 0 spiro atoms. The Morgan fingerprint density at radius 2 is 1.96 bits per heavy atom. The lowest BCUT2D eigenvalue weighted by atomic mass is 9.91. The zero-order chi connectivity index (χ0) is 17.9. The standard InChI is InChI=1S/C21H25NO3/c1-3-25-19-10-9-16-11-12-22(15-17(16)13-19)20(23)14-21(2,24)18-7-5-4-6-8-18/h4-10,13,24H,3,11-12,14-15H2,1-2H3. The number of carbonyl (C=O) groups is 1. The molecule has 0 radical (unpaired) electrons. The molecular formula is C21H25NO3. The largest absolute Gasteiger partial charge is 0.494 e. The van der Waals surface area contributed by atoms with Crippen molar-refractivity contribution >= 4 is 5.91 Å². The Morgan fingerprint density at radius 3 is 2.68 bits per heavy atom. The van der Waals surface area contributed by atoms with Crippen LogP contribution in [0.3, 0.4) is 0 Å². The average Bonchev–Trinajstić information content (AvgIpc) is 2.62. The molecule has 0 fully saturated rings. The van der Waals surface area contributed by atoms with Crippen molar-refractivity contribution in [3.8, 4) is 5.75 Å². The van der Waals surface area contributed by atoms with Crippen LogP contribution in [-0.2, 0) is 23.4 Å². The Bertz CT molecular complexity index is 740. The van der Waals surface area contributed by atoms with Gasteiger partial charge in [-0.25, -0.2) is 0 Å². The number of nitrogens with zero attached hydrogens (tertiary/aromatic N) is 1. The maximum absolute atomic E-state index is 12.7. The lowest BCUT2D eigenvalue weighted by Gasteiger charge is -2.32. The van der Waals surface area contributed by atoms with E-state index in [0.717, 1.165) is 23.3 Å². The second-order valence-corrected chi connectivity index (χ2v) is 6.75. The van der Waals surface area contributed by atoms with Crippen LogP contribution in [0.5, 0.6) is 5.75 Å². The van der Waals surface area contributed by atoms with Crippen LogP contribution < -0.4 is 4.74 Å². The van der Waals surface area contributed by atoms with Crippen LogP contribution in [0.4, 0.5) is 0 Å². The third kappa shape index (κ3) is 4.02. The summed E-state index contributed by atoms with van der Waals surface area (Å²) in [6.07, 6.45) is 0.915. The zero-order valence-corrected chi connectivity index (χ0v) is 14.9. The van der Waals surface area contributed by atoms with Gasteiger partial charge in [0.05, 0.1) is 18.6 Å². The summed E-state index contributed by atoms with van der Waals surface area (Å²) in [5, 5.41) is 10.7. The minimum Gasteiger partial charge on any atom is -0.494 e. The summed E-state index contributed by atoms with van der Waals surface area (Å²) in [5.41, 5.74) is 2.00. The van der Waals surface area contributed by atoms with Gasteiger partial charge in [0.15, 0.2) is 0 Å². The van der Waals surface area contributed by atoms with Crippen molar-refractivity contribution in [3.05, 3.63) is 65.2 Å². The second kappa shape index (κ2) is 7.28. The molecule has 1 N–H and O–H groups in total. The maximum atomic E-state index is 12.7. The second-order valence-electron chi connectivity index (χ2n) is 6.75. The third-order valence-electron chi connectivity index (χ3n) is 4.74. The Kier molecular flexibility index (Phi) is 5.09. The number of benzene rings is 2. The van der Waals surface area contributed by atoms with Gasteiger partial charge in [-0.2, -0.15) is 0 Å². The quantitative estimate of drug-likeness (QED) is 0.909. The van der Waals surface area contributed by atoms with Crippen molar-refractivity contribution in [3.63, 3.8) is 0 Å². The first-order chi connectivity index (χ1) is 12.0. The number of aliphatic hydroxyl groups is 1. The summed E-state index contributed by atoms with van der Waals surface area (Å²) in [5.74, 6) is 0.813. The van der Waals surface area contributed by atoms with Gasteiger partial charge in [-0.3, -0.25) is 4.79 Å². The SMILES string of the molecule is CCOc1ccc2c(c1)CN(C(=O)CC(C)(O)c1ccccc1)CC2. The minimum atomic E-state index is -1.16. The lowest BCUT2D eigenvalue weighted by Crippen LogP contribution is -2.39. The highest BCUT2D eigenvalue weighted by atomic mass is 16.5. The van der Waals surface area contributed by atoms with E-state index in [1.54, 1.807) is 6.92 Å². The maximum Gasteiger partial charge on any atom is 0.226 e. The number of ether oxygens (including phenoxy) is 1. The van der Waals surface area contributed by atoms with Crippen molar-refractivity contribution in [1.29, 1.82) is 0 Å². The molecule has 0 saturated carbocycles. The molecule has 1 amide bonds. The lowest BCUT2D eigenvalue weighted by molar-refractivity contribution is -0.137. The van der Waals surface area contributed by atoms with Crippen molar-refractivity contribution < 1.29 is 14.6 Å². The first kappa shape index (κ1) is 17.5. The minimum absolute atomic E-state index is 0.0266. The number of amides is 1. The molecule has 0 aliphatic carbocycles. The molecule has 2 aromatic rings. The molecule has 2 aromatic carbocycles. The fourth-order valence-electron chi connectivity index (χ4n) is 3.31. The van der Waals surface area contributed by atoms with E-state index in [-0.39, 0.29) is 12.3 Å². The first-order valence-corrected chi connectivity index (χ1v) is 8.80. The van der Waals surface area contributed by atoms with Gasteiger partial charge in [0, 0.05) is 13.1 Å². The molecule has 25 heavy (non-hydrogen) atoms. The van der Waals surface area contributed by atoms with Crippen molar-refractivity contribution in [2.24, 2.45) is 0 Å². The summed E-state index contributed by atoms with van der Waals surface area (Å²) in [7, 11) is 0. The first-order valence-electron chi connectivity index (χ1n) is 8.80. The molecule has 1 unspecified atom stereocenters. The van der Waals surface area contributed by atoms with E-state index in [1.165, 1.54) is 5.56 Å². The molecule has 4 heteroatoms. The number of rotatable bonds is 5. The monoisotopic (exact) mass is 339 g/mol. The van der Waals surface area contributed by atoms with E-state index < -0.39 is 5.60 Å². The summed E-state index contributed by atoms with van der Waals surface area (Å²) in [6, 6.07) is 15.5. The highest BCUT2D eigenvalue weighted by Crippen LogP contribution is 2.28. The zero-order valence-electron chi connectivity index (χ0n) is 14.9. The van der Waals surface area contributed by atoms with Gasteiger partial charge in [0.25, 0.3) is 0 Å². The van der Waals surface area contributed by atoms with Gasteiger partial charge >= 0.3 is 0 Å². The summed E-state index contributed by atoms with van der Waals surface area (Å²) in [4.78, 5) is 14.6. The van der Waals surface area contributed by atoms with Crippen LogP contribution >= 0.6 is 0 Å². The molecule has 0 bridgehead atoms. The smallest absolute Gasteiger partial charge is 0.226 e. The van der Waals surface area contributed by atoms with Gasteiger partial charge in [0.1, 0.15) is 5.75 Å². The average molecular weight is 339 g/mol. The van der Waals surface area contributed by atoms with Crippen LogP contribution in [0.2, 0.25) is 0 Å². The number of carbonyl (C=O) groups excluding carboxylic acids is 1. The third-order valence-corrected chi connectivity index (χ3v) is 4.74. The van der Waals surface area contributed by atoms with Crippen LogP contribution in [0.25, 0.3) is 0 Å². The number of hydrogen-bond donors (Lipinski definition) is 1. The molecule has 1 aliphatic heterocycles. The van der Waals surface area contributed by atoms with Crippen molar-refractivity contribution in [2.45, 2.75) is 38.8 Å². The van der Waals surface area contributed by atoms with E-state index >= 15 is 0 Å². The summed E-state index contributed by atoms with van der Waals surface area (Å²) < 4.78 is 5.56. The Morgan fingerprint density at radius 1 is 1.20 bits per heavy atom. The molecule has 1 aliphatic rings.